The van der Waals surface area contributed by atoms with Crippen molar-refractivity contribution < 1.29 is 18.4 Å². The minimum absolute atomic E-state index is 0.0497. The molecule has 0 spiro atoms. The van der Waals surface area contributed by atoms with Crippen LogP contribution in [0.2, 0.25) is 0 Å². The van der Waals surface area contributed by atoms with Crippen molar-refractivity contribution in [1.82, 2.24) is 4.98 Å². The van der Waals surface area contributed by atoms with Crippen LogP contribution in [0.3, 0.4) is 0 Å². The number of alkyl halides is 2. The summed E-state index contributed by atoms with van der Waals surface area (Å²) in [6, 6.07) is 0. The molecule has 0 atom stereocenters. The molecule has 0 saturated heterocycles. The number of rotatable bonds is 3. The summed E-state index contributed by atoms with van der Waals surface area (Å²) >= 11 is 1.57. The third-order valence-corrected chi connectivity index (χ3v) is 2.39. The summed E-state index contributed by atoms with van der Waals surface area (Å²) in [5, 5.41) is 10.6. The van der Waals surface area contributed by atoms with Crippen molar-refractivity contribution >= 4 is 28.3 Å². The predicted octanol–water partition coefficient (Wildman–Crippen LogP) is 2.54. The van der Waals surface area contributed by atoms with Gasteiger partial charge in [0.15, 0.2) is 5.56 Å². The molecular formula is C7H5F2IN2O3. The van der Waals surface area contributed by atoms with Crippen LogP contribution in [0.1, 0.15) is 12.0 Å². The van der Waals surface area contributed by atoms with Gasteiger partial charge in [-0.15, -0.1) is 0 Å². The maximum Gasteiger partial charge on any atom is 0.298 e. The van der Waals surface area contributed by atoms with Gasteiger partial charge in [-0.25, -0.2) is 13.8 Å². The molecule has 1 aromatic heterocycles. The summed E-state index contributed by atoms with van der Waals surface area (Å²) in [4.78, 5) is 13.3. The summed E-state index contributed by atoms with van der Waals surface area (Å²) in [6.45, 7) is 0. The second kappa shape index (κ2) is 4.64. The van der Waals surface area contributed by atoms with Gasteiger partial charge >= 0.3 is 0 Å². The normalized spacial score (nSPS) is 10.5. The van der Waals surface area contributed by atoms with Crippen LogP contribution in [-0.4, -0.2) is 17.0 Å². The minimum Gasteiger partial charge on any atom is -0.480 e. The standard InChI is InChI=1S/C7H5F2IN2O3/c1-15-7-4(6(8)9)5(12(13)14)3(10)2-11-7/h2,6H,1H3. The Morgan fingerprint density at radius 2 is 2.27 bits per heavy atom. The third kappa shape index (κ3) is 2.30. The fourth-order valence-electron chi connectivity index (χ4n) is 1.02. The number of nitro groups is 1. The van der Waals surface area contributed by atoms with Gasteiger partial charge in [0.25, 0.3) is 12.1 Å². The lowest BCUT2D eigenvalue weighted by molar-refractivity contribution is -0.387. The zero-order valence-corrected chi connectivity index (χ0v) is 9.57. The monoisotopic (exact) mass is 330 g/mol. The van der Waals surface area contributed by atoms with E-state index in [1.54, 1.807) is 22.6 Å². The second-order valence-corrected chi connectivity index (χ2v) is 3.60. The van der Waals surface area contributed by atoms with E-state index in [2.05, 4.69) is 9.72 Å². The van der Waals surface area contributed by atoms with Gasteiger partial charge in [-0.05, 0) is 22.6 Å². The molecule has 0 amide bonds. The Morgan fingerprint density at radius 1 is 1.67 bits per heavy atom. The van der Waals surface area contributed by atoms with Crippen LogP contribution < -0.4 is 4.74 Å². The van der Waals surface area contributed by atoms with Crippen LogP contribution in [0.4, 0.5) is 14.5 Å². The predicted molar refractivity (Wildman–Crippen MR) is 55.1 cm³/mol. The molecule has 1 heterocycles. The van der Waals surface area contributed by atoms with Gasteiger partial charge in [-0.3, -0.25) is 10.1 Å². The van der Waals surface area contributed by atoms with E-state index in [1.165, 1.54) is 0 Å². The average Bonchev–Trinajstić information content (AvgIpc) is 2.16. The molecule has 0 aromatic carbocycles. The molecule has 8 heteroatoms. The van der Waals surface area contributed by atoms with Crippen LogP contribution in [0.25, 0.3) is 0 Å². The van der Waals surface area contributed by atoms with Crippen LogP contribution >= 0.6 is 22.6 Å². The smallest absolute Gasteiger partial charge is 0.298 e. The van der Waals surface area contributed by atoms with E-state index in [0.717, 1.165) is 13.3 Å². The van der Waals surface area contributed by atoms with E-state index < -0.39 is 28.5 Å². The lowest BCUT2D eigenvalue weighted by atomic mass is 10.2. The zero-order chi connectivity index (χ0) is 11.6. The summed E-state index contributed by atoms with van der Waals surface area (Å²) in [5.74, 6) is -0.419. The highest BCUT2D eigenvalue weighted by Crippen LogP contribution is 2.37. The summed E-state index contributed by atoms with van der Waals surface area (Å²) in [6.07, 6.45) is -1.88. The molecule has 1 rings (SSSR count). The molecule has 0 aliphatic rings. The Balaban J connectivity index is 3.51. The van der Waals surface area contributed by atoms with E-state index in [0.29, 0.717) is 0 Å². The first-order chi connectivity index (χ1) is 6.99. The van der Waals surface area contributed by atoms with Gasteiger partial charge in [0.05, 0.1) is 18.2 Å². The molecule has 82 valence electrons. The van der Waals surface area contributed by atoms with Gasteiger partial charge in [0, 0.05) is 0 Å². The molecule has 5 nitrogen and oxygen atoms in total. The van der Waals surface area contributed by atoms with Crippen molar-refractivity contribution in [2.24, 2.45) is 0 Å². The van der Waals surface area contributed by atoms with Crippen molar-refractivity contribution in [3.63, 3.8) is 0 Å². The summed E-state index contributed by atoms with van der Waals surface area (Å²) < 4.78 is 29.8. The summed E-state index contributed by atoms with van der Waals surface area (Å²) in [7, 11) is 1.13. The lowest BCUT2D eigenvalue weighted by Crippen LogP contribution is -2.03. The zero-order valence-electron chi connectivity index (χ0n) is 7.41. The number of halogens is 3. The fraction of sp³-hybridized carbons (Fsp3) is 0.286. The van der Waals surface area contributed by atoms with E-state index in [9.17, 15) is 18.9 Å². The number of ether oxygens (including phenoxy) is 1. The average molecular weight is 330 g/mol. The molecule has 0 radical (unpaired) electrons. The van der Waals surface area contributed by atoms with Gasteiger partial charge < -0.3 is 4.74 Å². The number of pyridine rings is 1. The maximum absolute atomic E-state index is 12.6. The quantitative estimate of drug-likeness (QED) is 0.485. The molecular weight excluding hydrogens is 325 g/mol. The first-order valence-corrected chi connectivity index (χ1v) is 4.71. The van der Waals surface area contributed by atoms with E-state index >= 15 is 0 Å². The molecule has 0 saturated carbocycles. The number of nitrogens with zero attached hydrogens (tertiary/aromatic N) is 2. The van der Waals surface area contributed by atoms with E-state index in [4.69, 9.17) is 0 Å². The Hall–Kier alpha value is -1.06. The van der Waals surface area contributed by atoms with E-state index in [1.807, 2.05) is 0 Å². The number of hydrogen-bond acceptors (Lipinski definition) is 4. The highest BCUT2D eigenvalue weighted by molar-refractivity contribution is 14.1. The molecule has 0 aliphatic carbocycles. The molecule has 0 aliphatic heterocycles. The van der Waals surface area contributed by atoms with Crippen molar-refractivity contribution in [3.05, 3.63) is 25.4 Å². The van der Waals surface area contributed by atoms with Gasteiger partial charge in [0.1, 0.15) is 3.57 Å². The van der Waals surface area contributed by atoms with Crippen LogP contribution in [-0.2, 0) is 0 Å². The van der Waals surface area contributed by atoms with Gasteiger partial charge in [-0.2, -0.15) is 0 Å². The van der Waals surface area contributed by atoms with Crippen LogP contribution in [0.5, 0.6) is 5.88 Å². The molecule has 1 aromatic rings. The first-order valence-electron chi connectivity index (χ1n) is 3.64. The van der Waals surface area contributed by atoms with Crippen molar-refractivity contribution in [2.75, 3.05) is 7.11 Å². The first kappa shape index (κ1) is 12.0. The topological polar surface area (TPSA) is 65.3 Å². The second-order valence-electron chi connectivity index (χ2n) is 2.44. The van der Waals surface area contributed by atoms with Crippen LogP contribution in [0, 0.1) is 13.7 Å². The van der Waals surface area contributed by atoms with Crippen molar-refractivity contribution in [1.29, 1.82) is 0 Å². The van der Waals surface area contributed by atoms with E-state index in [-0.39, 0.29) is 3.57 Å². The molecule has 0 N–H and O–H groups in total. The largest absolute Gasteiger partial charge is 0.480 e. The highest BCUT2D eigenvalue weighted by Gasteiger charge is 2.30. The number of hydrogen-bond donors (Lipinski definition) is 0. The van der Waals surface area contributed by atoms with Gasteiger partial charge in [-0.1, -0.05) is 0 Å². The Kier molecular flexibility index (Phi) is 3.72. The lowest BCUT2D eigenvalue weighted by Gasteiger charge is -2.07. The molecule has 15 heavy (non-hydrogen) atoms. The summed E-state index contributed by atoms with van der Waals surface area (Å²) in [5.41, 5.74) is -1.44. The Labute approximate surface area is 96.7 Å². The SMILES string of the molecule is COc1ncc(I)c([N+](=O)[O-])c1C(F)F. The highest BCUT2D eigenvalue weighted by atomic mass is 127. The van der Waals surface area contributed by atoms with Crippen molar-refractivity contribution in [2.45, 2.75) is 6.43 Å². The number of aromatic nitrogens is 1. The Bertz CT molecular complexity index is 400. The van der Waals surface area contributed by atoms with Gasteiger partial charge in [0.2, 0.25) is 5.88 Å². The molecule has 0 fully saturated rings. The molecule has 0 bridgehead atoms. The molecule has 0 unspecified atom stereocenters. The minimum atomic E-state index is -3.00. The maximum atomic E-state index is 12.6. The third-order valence-electron chi connectivity index (χ3n) is 1.60. The Morgan fingerprint density at radius 3 is 2.67 bits per heavy atom. The van der Waals surface area contributed by atoms with Crippen molar-refractivity contribution in [3.8, 4) is 5.88 Å². The van der Waals surface area contributed by atoms with Crippen LogP contribution in [0.15, 0.2) is 6.20 Å². The number of methoxy groups -OCH3 is 1. The fourth-order valence-corrected chi connectivity index (χ4v) is 1.65.